The molecule has 0 atom stereocenters. The van der Waals surface area contributed by atoms with Gasteiger partial charge in [0.1, 0.15) is 5.82 Å². The maximum absolute atomic E-state index is 14.5. The number of hydrogen-bond donors (Lipinski definition) is 1. The van der Waals surface area contributed by atoms with Crippen molar-refractivity contribution in [2.45, 2.75) is 0 Å². The lowest BCUT2D eigenvalue weighted by Gasteiger charge is -2.28. The minimum Gasteiger partial charge on any atom is -0.378 e. The summed E-state index contributed by atoms with van der Waals surface area (Å²) in [4.78, 5) is 11.4. The molecule has 5 rings (SSSR count). The highest BCUT2D eigenvalue weighted by molar-refractivity contribution is 6.30. The van der Waals surface area contributed by atoms with Crippen LogP contribution in [-0.4, -0.2) is 36.3 Å². The van der Waals surface area contributed by atoms with Crippen LogP contribution in [0.3, 0.4) is 0 Å². The SMILES string of the molecule is Fc1ccc(Cl)cc1-c1cccc2cnc(Nc3ccc(N4CCOCC4)cc3)nc12. The van der Waals surface area contributed by atoms with E-state index < -0.39 is 0 Å². The molecule has 0 radical (unpaired) electrons. The molecule has 0 aliphatic carbocycles. The standard InChI is InChI=1S/C24H20ClFN4O/c25-17-4-9-22(26)21(14-17)20-3-1-2-16-15-27-24(29-23(16)20)28-18-5-7-19(8-6-18)30-10-12-31-13-11-30/h1-9,14-15H,10-13H2,(H,27,28,29). The van der Waals surface area contributed by atoms with E-state index in [1.54, 1.807) is 12.3 Å². The number of anilines is 3. The summed E-state index contributed by atoms with van der Waals surface area (Å²) in [5.41, 5.74) is 3.78. The van der Waals surface area contributed by atoms with E-state index in [0.717, 1.165) is 43.1 Å². The predicted molar refractivity (Wildman–Crippen MR) is 123 cm³/mol. The van der Waals surface area contributed by atoms with Crippen molar-refractivity contribution in [3.8, 4) is 11.1 Å². The van der Waals surface area contributed by atoms with Crippen LogP contribution in [0.2, 0.25) is 5.02 Å². The van der Waals surface area contributed by atoms with Crippen LogP contribution in [-0.2, 0) is 4.74 Å². The van der Waals surface area contributed by atoms with Crippen molar-refractivity contribution in [1.82, 2.24) is 9.97 Å². The van der Waals surface area contributed by atoms with Crippen LogP contribution in [0.1, 0.15) is 0 Å². The van der Waals surface area contributed by atoms with E-state index in [1.165, 1.54) is 12.1 Å². The quantitative estimate of drug-likeness (QED) is 0.448. The summed E-state index contributed by atoms with van der Waals surface area (Å²) in [6.07, 6.45) is 1.73. The highest BCUT2D eigenvalue weighted by Gasteiger charge is 2.13. The summed E-state index contributed by atoms with van der Waals surface area (Å²) in [7, 11) is 0. The summed E-state index contributed by atoms with van der Waals surface area (Å²) < 4.78 is 19.9. The normalized spacial score (nSPS) is 14.1. The number of aromatic nitrogens is 2. The molecule has 1 fully saturated rings. The molecule has 0 amide bonds. The molecule has 0 bridgehead atoms. The number of hydrogen-bond acceptors (Lipinski definition) is 5. The van der Waals surface area contributed by atoms with Crippen LogP contribution in [0.15, 0.2) is 66.9 Å². The maximum atomic E-state index is 14.5. The molecule has 1 aromatic heterocycles. The zero-order chi connectivity index (χ0) is 21.2. The predicted octanol–water partition coefficient (Wildman–Crippen LogP) is 5.67. The van der Waals surface area contributed by atoms with Gasteiger partial charge < -0.3 is 15.0 Å². The molecule has 5 nitrogen and oxygen atoms in total. The molecule has 31 heavy (non-hydrogen) atoms. The van der Waals surface area contributed by atoms with Crippen molar-refractivity contribution in [3.05, 3.63) is 77.7 Å². The maximum Gasteiger partial charge on any atom is 0.227 e. The number of ether oxygens (including phenoxy) is 1. The third-order valence-corrected chi connectivity index (χ3v) is 5.56. The number of rotatable bonds is 4. The highest BCUT2D eigenvalue weighted by atomic mass is 35.5. The zero-order valence-corrected chi connectivity index (χ0v) is 17.4. The third kappa shape index (κ3) is 4.17. The second-order valence-electron chi connectivity index (χ2n) is 7.33. The summed E-state index contributed by atoms with van der Waals surface area (Å²) in [6, 6.07) is 18.3. The molecule has 1 saturated heterocycles. The van der Waals surface area contributed by atoms with Gasteiger partial charge in [-0.2, -0.15) is 0 Å². The molecule has 156 valence electrons. The Morgan fingerprint density at radius 3 is 2.58 bits per heavy atom. The van der Waals surface area contributed by atoms with Gasteiger partial charge in [-0.05, 0) is 42.5 Å². The topological polar surface area (TPSA) is 50.3 Å². The smallest absolute Gasteiger partial charge is 0.227 e. The minimum absolute atomic E-state index is 0.344. The first-order valence-electron chi connectivity index (χ1n) is 10.1. The molecular weight excluding hydrogens is 415 g/mol. The molecule has 3 aromatic carbocycles. The van der Waals surface area contributed by atoms with Crippen molar-refractivity contribution < 1.29 is 9.13 Å². The lowest BCUT2D eigenvalue weighted by molar-refractivity contribution is 0.122. The molecule has 0 unspecified atom stereocenters. The first-order valence-corrected chi connectivity index (χ1v) is 10.5. The van der Waals surface area contributed by atoms with Crippen molar-refractivity contribution in [3.63, 3.8) is 0 Å². The monoisotopic (exact) mass is 434 g/mol. The van der Waals surface area contributed by atoms with Crippen LogP contribution < -0.4 is 10.2 Å². The van der Waals surface area contributed by atoms with Crippen molar-refractivity contribution in [2.24, 2.45) is 0 Å². The summed E-state index contributed by atoms with van der Waals surface area (Å²) in [6.45, 7) is 3.29. The first-order chi connectivity index (χ1) is 15.2. The van der Waals surface area contributed by atoms with Crippen LogP contribution >= 0.6 is 11.6 Å². The Bertz CT molecular complexity index is 1230. The molecule has 0 spiro atoms. The number of morpholine rings is 1. The molecule has 0 saturated carbocycles. The van der Waals surface area contributed by atoms with E-state index >= 15 is 0 Å². The largest absolute Gasteiger partial charge is 0.378 e. The first kappa shape index (κ1) is 19.7. The number of nitrogens with one attached hydrogen (secondary N) is 1. The van der Waals surface area contributed by atoms with E-state index in [9.17, 15) is 4.39 Å². The Kier molecular flexibility index (Phi) is 5.40. The number of benzene rings is 3. The van der Waals surface area contributed by atoms with Gasteiger partial charge >= 0.3 is 0 Å². The van der Waals surface area contributed by atoms with Gasteiger partial charge in [-0.1, -0.05) is 29.8 Å². The molecule has 2 heterocycles. The molecule has 4 aromatic rings. The molecule has 1 N–H and O–H groups in total. The Labute approximate surface area is 184 Å². The fourth-order valence-electron chi connectivity index (χ4n) is 3.74. The van der Waals surface area contributed by atoms with E-state index in [0.29, 0.717) is 27.6 Å². The highest BCUT2D eigenvalue weighted by Crippen LogP contribution is 2.32. The van der Waals surface area contributed by atoms with Crippen molar-refractivity contribution >= 4 is 39.8 Å². The number of para-hydroxylation sites is 1. The summed E-state index contributed by atoms with van der Waals surface area (Å²) >= 11 is 6.10. The van der Waals surface area contributed by atoms with Gasteiger partial charge in [-0.3, -0.25) is 0 Å². The van der Waals surface area contributed by atoms with E-state index in [-0.39, 0.29) is 5.82 Å². The Hall–Kier alpha value is -3.22. The van der Waals surface area contributed by atoms with Crippen LogP contribution in [0.25, 0.3) is 22.0 Å². The molecule has 7 heteroatoms. The van der Waals surface area contributed by atoms with Gasteiger partial charge in [0.2, 0.25) is 5.95 Å². The molecular formula is C24H20ClFN4O. The zero-order valence-electron chi connectivity index (χ0n) is 16.7. The average Bonchev–Trinajstić information content (AvgIpc) is 2.81. The second kappa shape index (κ2) is 8.49. The van der Waals surface area contributed by atoms with Gasteiger partial charge in [-0.25, -0.2) is 14.4 Å². The third-order valence-electron chi connectivity index (χ3n) is 5.33. The Morgan fingerprint density at radius 1 is 0.968 bits per heavy atom. The van der Waals surface area contributed by atoms with Gasteiger partial charge in [0.25, 0.3) is 0 Å². The van der Waals surface area contributed by atoms with Gasteiger partial charge in [-0.15, -0.1) is 0 Å². The number of nitrogens with zero attached hydrogens (tertiary/aromatic N) is 3. The van der Waals surface area contributed by atoms with Crippen molar-refractivity contribution in [2.75, 3.05) is 36.5 Å². The van der Waals surface area contributed by atoms with Crippen LogP contribution in [0.5, 0.6) is 0 Å². The fourth-order valence-corrected chi connectivity index (χ4v) is 3.92. The summed E-state index contributed by atoms with van der Waals surface area (Å²) in [5, 5.41) is 4.54. The molecule has 1 aliphatic rings. The lowest BCUT2D eigenvalue weighted by atomic mass is 10.0. The van der Waals surface area contributed by atoms with E-state index in [4.69, 9.17) is 16.3 Å². The number of fused-ring (bicyclic) bond motifs is 1. The lowest BCUT2D eigenvalue weighted by Crippen LogP contribution is -2.36. The average molecular weight is 435 g/mol. The van der Waals surface area contributed by atoms with Crippen molar-refractivity contribution in [1.29, 1.82) is 0 Å². The molecule has 1 aliphatic heterocycles. The number of halogens is 2. The minimum atomic E-state index is -0.344. The Balaban J connectivity index is 1.45. The van der Waals surface area contributed by atoms with Gasteiger partial charge in [0.15, 0.2) is 0 Å². The van der Waals surface area contributed by atoms with Gasteiger partial charge in [0, 0.05) is 52.2 Å². The fraction of sp³-hybridized carbons (Fsp3) is 0.167. The van der Waals surface area contributed by atoms with Gasteiger partial charge in [0.05, 0.1) is 18.7 Å². The van der Waals surface area contributed by atoms with Crippen LogP contribution in [0.4, 0.5) is 21.7 Å². The van der Waals surface area contributed by atoms with Crippen LogP contribution in [0, 0.1) is 5.82 Å². The Morgan fingerprint density at radius 2 is 1.77 bits per heavy atom. The van der Waals surface area contributed by atoms with E-state index in [1.807, 2.05) is 30.3 Å². The summed E-state index contributed by atoms with van der Waals surface area (Å²) in [5.74, 6) is 0.102. The van der Waals surface area contributed by atoms with E-state index in [2.05, 4.69) is 32.3 Å². The second-order valence-corrected chi connectivity index (χ2v) is 7.77.